The van der Waals surface area contributed by atoms with E-state index in [9.17, 15) is 4.79 Å². The smallest absolute Gasteiger partial charge is 0.302 e. The molecule has 0 heterocycles. The van der Waals surface area contributed by atoms with Crippen molar-refractivity contribution in [3.8, 4) is 0 Å². The average molecular weight is 186 g/mol. The Balaban J connectivity index is 2.32. The zero-order valence-corrected chi connectivity index (χ0v) is 8.54. The van der Waals surface area contributed by atoms with Gasteiger partial charge in [0.05, 0.1) is 6.61 Å². The SMILES string of the molecule is CC(=O)OC[C@@H]1[C@H](CCO)C1(C)C. The van der Waals surface area contributed by atoms with Crippen LogP contribution >= 0.6 is 0 Å². The summed E-state index contributed by atoms with van der Waals surface area (Å²) >= 11 is 0. The fraction of sp³-hybridized carbons (Fsp3) is 0.900. The van der Waals surface area contributed by atoms with Crippen molar-refractivity contribution >= 4 is 5.97 Å². The molecule has 0 amide bonds. The van der Waals surface area contributed by atoms with Gasteiger partial charge in [-0.15, -0.1) is 0 Å². The Morgan fingerprint density at radius 2 is 2.08 bits per heavy atom. The molecule has 1 saturated carbocycles. The van der Waals surface area contributed by atoms with E-state index in [1.54, 1.807) is 0 Å². The zero-order valence-electron chi connectivity index (χ0n) is 8.54. The van der Waals surface area contributed by atoms with Crippen molar-refractivity contribution in [2.45, 2.75) is 27.2 Å². The Morgan fingerprint density at radius 3 is 2.54 bits per heavy atom. The molecule has 13 heavy (non-hydrogen) atoms. The van der Waals surface area contributed by atoms with Gasteiger partial charge >= 0.3 is 5.97 Å². The number of carbonyl (C=O) groups is 1. The summed E-state index contributed by atoms with van der Waals surface area (Å²) in [6, 6.07) is 0. The number of aliphatic hydroxyl groups is 1. The second-order valence-electron chi connectivity index (χ2n) is 4.35. The Morgan fingerprint density at radius 1 is 1.46 bits per heavy atom. The standard InChI is InChI=1S/C10H18O3/c1-7(12)13-6-9-8(4-5-11)10(9,2)3/h8-9,11H,4-6H2,1-3H3/t8-,9+/m0/s1. The number of carbonyl (C=O) groups excluding carboxylic acids is 1. The van der Waals surface area contributed by atoms with Gasteiger partial charge in [0.15, 0.2) is 0 Å². The largest absolute Gasteiger partial charge is 0.466 e. The van der Waals surface area contributed by atoms with Crippen LogP contribution in [0.5, 0.6) is 0 Å². The Bertz CT molecular complexity index is 198. The highest BCUT2D eigenvalue weighted by atomic mass is 16.5. The molecule has 0 aliphatic heterocycles. The number of rotatable bonds is 4. The summed E-state index contributed by atoms with van der Waals surface area (Å²) in [5.74, 6) is 0.728. The minimum Gasteiger partial charge on any atom is -0.466 e. The number of esters is 1. The lowest BCUT2D eigenvalue weighted by Gasteiger charge is -2.02. The second-order valence-corrected chi connectivity index (χ2v) is 4.35. The van der Waals surface area contributed by atoms with Gasteiger partial charge in [0.25, 0.3) is 0 Å². The van der Waals surface area contributed by atoms with Gasteiger partial charge in [0.2, 0.25) is 0 Å². The van der Waals surface area contributed by atoms with E-state index >= 15 is 0 Å². The predicted molar refractivity (Wildman–Crippen MR) is 49.1 cm³/mol. The molecule has 0 aromatic rings. The van der Waals surface area contributed by atoms with Crippen LogP contribution in [0.1, 0.15) is 27.2 Å². The molecule has 1 aliphatic carbocycles. The van der Waals surface area contributed by atoms with Crippen LogP contribution < -0.4 is 0 Å². The molecule has 1 aliphatic rings. The summed E-state index contributed by atoms with van der Waals surface area (Å²) in [5.41, 5.74) is 0.234. The molecule has 1 N–H and O–H groups in total. The van der Waals surface area contributed by atoms with Crippen molar-refractivity contribution < 1.29 is 14.6 Å². The fourth-order valence-corrected chi connectivity index (χ4v) is 2.11. The first kappa shape index (κ1) is 10.5. The molecule has 0 saturated heterocycles. The first-order valence-corrected chi connectivity index (χ1v) is 4.74. The van der Waals surface area contributed by atoms with Gasteiger partial charge in [-0.05, 0) is 17.8 Å². The van der Waals surface area contributed by atoms with Crippen molar-refractivity contribution in [3.63, 3.8) is 0 Å². The van der Waals surface area contributed by atoms with Crippen molar-refractivity contribution in [1.29, 1.82) is 0 Å². The maximum Gasteiger partial charge on any atom is 0.302 e. The Labute approximate surface area is 79.1 Å². The van der Waals surface area contributed by atoms with Gasteiger partial charge < -0.3 is 9.84 Å². The van der Waals surface area contributed by atoms with E-state index in [-0.39, 0.29) is 18.0 Å². The van der Waals surface area contributed by atoms with Gasteiger partial charge in [0, 0.05) is 19.4 Å². The normalized spacial score (nSPS) is 29.8. The number of aliphatic hydroxyl groups excluding tert-OH is 1. The van der Waals surface area contributed by atoms with E-state index < -0.39 is 0 Å². The van der Waals surface area contributed by atoms with Crippen LogP contribution in [-0.4, -0.2) is 24.3 Å². The summed E-state index contributed by atoms with van der Waals surface area (Å²) in [6.45, 7) is 6.47. The van der Waals surface area contributed by atoms with E-state index in [0.29, 0.717) is 18.4 Å². The van der Waals surface area contributed by atoms with E-state index in [2.05, 4.69) is 13.8 Å². The van der Waals surface area contributed by atoms with Crippen LogP contribution in [-0.2, 0) is 9.53 Å². The molecule has 0 radical (unpaired) electrons. The van der Waals surface area contributed by atoms with Gasteiger partial charge in [-0.1, -0.05) is 13.8 Å². The molecule has 0 unspecified atom stereocenters. The first-order chi connectivity index (χ1) is 6.00. The minimum absolute atomic E-state index is 0.217. The van der Waals surface area contributed by atoms with Gasteiger partial charge in [-0.2, -0.15) is 0 Å². The molecule has 0 aromatic carbocycles. The van der Waals surface area contributed by atoms with Crippen LogP contribution in [0.2, 0.25) is 0 Å². The molecule has 1 rings (SSSR count). The molecule has 0 spiro atoms. The molecule has 76 valence electrons. The van der Waals surface area contributed by atoms with Crippen LogP contribution in [0.15, 0.2) is 0 Å². The highest BCUT2D eigenvalue weighted by molar-refractivity contribution is 5.65. The third kappa shape index (κ3) is 2.21. The van der Waals surface area contributed by atoms with E-state index in [1.807, 2.05) is 0 Å². The summed E-state index contributed by atoms with van der Waals surface area (Å²) in [6.07, 6.45) is 0.818. The number of ether oxygens (including phenoxy) is 1. The van der Waals surface area contributed by atoms with Crippen LogP contribution in [0, 0.1) is 17.3 Å². The quantitative estimate of drug-likeness (QED) is 0.671. The molecular formula is C10H18O3. The molecule has 0 bridgehead atoms. The van der Waals surface area contributed by atoms with Crippen molar-refractivity contribution in [2.75, 3.05) is 13.2 Å². The molecule has 2 atom stereocenters. The number of hydrogen-bond donors (Lipinski definition) is 1. The topological polar surface area (TPSA) is 46.5 Å². The van der Waals surface area contributed by atoms with Gasteiger partial charge in [0.1, 0.15) is 0 Å². The predicted octanol–water partition coefficient (Wildman–Crippen LogP) is 1.20. The monoisotopic (exact) mass is 186 g/mol. The van der Waals surface area contributed by atoms with Crippen LogP contribution in [0.3, 0.4) is 0 Å². The highest BCUT2D eigenvalue weighted by Crippen LogP contribution is 2.59. The minimum atomic E-state index is -0.217. The van der Waals surface area contributed by atoms with Crippen molar-refractivity contribution in [2.24, 2.45) is 17.3 Å². The lowest BCUT2D eigenvalue weighted by atomic mass is 10.1. The molecule has 0 aromatic heterocycles. The number of hydrogen-bond acceptors (Lipinski definition) is 3. The van der Waals surface area contributed by atoms with Crippen LogP contribution in [0.4, 0.5) is 0 Å². The molecule has 1 fully saturated rings. The fourth-order valence-electron chi connectivity index (χ4n) is 2.11. The highest BCUT2D eigenvalue weighted by Gasteiger charge is 2.57. The average Bonchev–Trinajstić information content (AvgIpc) is 2.51. The van der Waals surface area contributed by atoms with E-state index in [4.69, 9.17) is 9.84 Å². The van der Waals surface area contributed by atoms with E-state index in [1.165, 1.54) is 6.92 Å². The molecule has 3 heteroatoms. The summed E-state index contributed by atoms with van der Waals surface area (Å²) in [7, 11) is 0. The first-order valence-electron chi connectivity index (χ1n) is 4.74. The van der Waals surface area contributed by atoms with Crippen molar-refractivity contribution in [3.05, 3.63) is 0 Å². The third-order valence-corrected chi connectivity index (χ3v) is 3.19. The lowest BCUT2D eigenvalue weighted by Crippen LogP contribution is -2.05. The van der Waals surface area contributed by atoms with Crippen molar-refractivity contribution in [1.82, 2.24) is 0 Å². The molecular weight excluding hydrogens is 168 g/mol. The summed E-state index contributed by atoms with van der Waals surface area (Å²) < 4.78 is 4.96. The Hall–Kier alpha value is -0.570. The second kappa shape index (κ2) is 3.66. The Kier molecular flexibility index (Phi) is 2.96. The maximum atomic E-state index is 10.6. The van der Waals surface area contributed by atoms with Crippen LogP contribution in [0.25, 0.3) is 0 Å². The van der Waals surface area contributed by atoms with E-state index in [0.717, 1.165) is 6.42 Å². The summed E-state index contributed by atoms with van der Waals surface area (Å²) in [5, 5.41) is 8.80. The van der Waals surface area contributed by atoms with Gasteiger partial charge in [-0.3, -0.25) is 4.79 Å². The lowest BCUT2D eigenvalue weighted by molar-refractivity contribution is -0.141. The zero-order chi connectivity index (χ0) is 10.1. The maximum absolute atomic E-state index is 10.6. The molecule has 3 nitrogen and oxygen atoms in total. The van der Waals surface area contributed by atoms with Gasteiger partial charge in [-0.25, -0.2) is 0 Å². The third-order valence-electron chi connectivity index (χ3n) is 3.19. The summed E-state index contributed by atoms with van der Waals surface area (Å²) in [4.78, 5) is 10.6.